The molecule has 0 radical (unpaired) electrons. The molecule has 0 aliphatic carbocycles. The molecule has 1 atom stereocenters. The third-order valence-corrected chi connectivity index (χ3v) is 3.44. The number of aryl methyl sites for hydroxylation is 1. The second-order valence-electron chi connectivity index (χ2n) is 4.43. The summed E-state index contributed by atoms with van der Waals surface area (Å²) in [7, 11) is 0. The van der Waals surface area contributed by atoms with Gasteiger partial charge in [-0.05, 0) is 30.9 Å². The van der Waals surface area contributed by atoms with Crippen molar-refractivity contribution in [2.75, 3.05) is 5.75 Å². The molecule has 3 heteroatoms. The topological polar surface area (TPSA) is 39.2 Å². The largest absolute Gasteiger partial charge is 0.468 e. The molecule has 0 aliphatic rings. The highest BCUT2D eigenvalue weighted by Crippen LogP contribution is 2.18. The van der Waals surface area contributed by atoms with E-state index in [-0.39, 0.29) is 0 Å². The van der Waals surface area contributed by atoms with Gasteiger partial charge in [0, 0.05) is 11.8 Å². The van der Waals surface area contributed by atoms with Crippen LogP contribution in [0.3, 0.4) is 0 Å². The number of hydrogen-bond acceptors (Lipinski definition) is 3. The highest BCUT2D eigenvalue weighted by molar-refractivity contribution is 7.98. The molecule has 86 valence electrons. The Morgan fingerprint density at radius 1 is 1.47 bits per heavy atom. The van der Waals surface area contributed by atoms with E-state index in [9.17, 15) is 0 Å². The van der Waals surface area contributed by atoms with Crippen LogP contribution >= 0.6 is 11.8 Å². The molecule has 0 bridgehead atoms. The molecule has 0 fully saturated rings. The summed E-state index contributed by atoms with van der Waals surface area (Å²) < 4.78 is 5.37. The second-order valence-corrected chi connectivity index (χ2v) is 5.46. The van der Waals surface area contributed by atoms with Gasteiger partial charge in [0.05, 0.1) is 12.0 Å². The molecule has 0 saturated heterocycles. The van der Waals surface area contributed by atoms with Crippen molar-refractivity contribution in [2.24, 2.45) is 11.7 Å². The average Bonchev–Trinajstić information content (AvgIpc) is 2.50. The fourth-order valence-corrected chi connectivity index (χ4v) is 2.57. The summed E-state index contributed by atoms with van der Waals surface area (Å²) in [6.07, 6.45) is 2.85. The molecular weight excluding hydrogens is 206 g/mol. The van der Waals surface area contributed by atoms with Crippen LogP contribution in [0.25, 0.3) is 0 Å². The van der Waals surface area contributed by atoms with E-state index in [1.165, 1.54) is 5.56 Å². The molecule has 15 heavy (non-hydrogen) atoms. The van der Waals surface area contributed by atoms with Gasteiger partial charge < -0.3 is 10.2 Å². The zero-order valence-electron chi connectivity index (χ0n) is 9.82. The molecule has 1 aromatic rings. The van der Waals surface area contributed by atoms with Crippen molar-refractivity contribution in [3.05, 3.63) is 23.7 Å². The third-order valence-electron chi connectivity index (χ3n) is 2.31. The lowest BCUT2D eigenvalue weighted by atomic mass is 10.1. The summed E-state index contributed by atoms with van der Waals surface area (Å²) in [5.74, 6) is 3.71. The second kappa shape index (κ2) is 6.23. The van der Waals surface area contributed by atoms with Gasteiger partial charge in [-0.1, -0.05) is 13.8 Å². The number of furan rings is 1. The zero-order chi connectivity index (χ0) is 11.3. The summed E-state index contributed by atoms with van der Waals surface area (Å²) in [5.41, 5.74) is 7.24. The van der Waals surface area contributed by atoms with Crippen molar-refractivity contribution in [1.29, 1.82) is 0 Å². The summed E-state index contributed by atoms with van der Waals surface area (Å²) in [4.78, 5) is 0. The van der Waals surface area contributed by atoms with E-state index in [1.54, 1.807) is 6.26 Å². The Labute approximate surface area is 96.6 Å². The maximum Gasteiger partial charge on any atom is 0.116 e. The number of nitrogens with two attached hydrogens (primary N) is 1. The van der Waals surface area contributed by atoms with Gasteiger partial charge >= 0.3 is 0 Å². The van der Waals surface area contributed by atoms with Gasteiger partial charge in [-0.3, -0.25) is 0 Å². The highest BCUT2D eigenvalue weighted by atomic mass is 32.2. The lowest BCUT2D eigenvalue weighted by Crippen LogP contribution is -2.24. The highest BCUT2D eigenvalue weighted by Gasteiger charge is 2.07. The summed E-state index contributed by atoms with van der Waals surface area (Å²) >= 11 is 1.86. The van der Waals surface area contributed by atoms with Gasteiger partial charge in [-0.25, -0.2) is 0 Å². The molecule has 0 spiro atoms. The SMILES string of the molecule is Cc1ccoc1CSC[C@@H](N)CC(C)C. The fraction of sp³-hybridized carbons (Fsp3) is 0.667. The van der Waals surface area contributed by atoms with E-state index in [2.05, 4.69) is 20.8 Å². The number of rotatable bonds is 6. The summed E-state index contributed by atoms with van der Waals surface area (Å²) in [6.45, 7) is 6.50. The molecule has 1 heterocycles. The summed E-state index contributed by atoms with van der Waals surface area (Å²) in [6, 6.07) is 2.31. The first kappa shape index (κ1) is 12.7. The normalized spacial score (nSPS) is 13.4. The lowest BCUT2D eigenvalue weighted by molar-refractivity contribution is 0.521. The van der Waals surface area contributed by atoms with Crippen molar-refractivity contribution in [3.63, 3.8) is 0 Å². The maximum atomic E-state index is 6.00. The summed E-state index contributed by atoms with van der Waals surface area (Å²) in [5, 5.41) is 0. The van der Waals surface area contributed by atoms with Crippen LogP contribution in [0.15, 0.2) is 16.7 Å². The lowest BCUT2D eigenvalue weighted by Gasteiger charge is -2.12. The number of hydrogen-bond donors (Lipinski definition) is 1. The van der Waals surface area contributed by atoms with Crippen molar-refractivity contribution >= 4 is 11.8 Å². The van der Waals surface area contributed by atoms with E-state index in [4.69, 9.17) is 10.2 Å². The Balaban J connectivity index is 2.19. The van der Waals surface area contributed by atoms with E-state index in [0.717, 1.165) is 23.7 Å². The fourth-order valence-electron chi connectivity index (χ4n) is 1.53. The van der Waals surface area contributed by atoms with Crippen LogP contribution in [0.5, 0.6) is 0 Å². The predicted octanol–water partition coefficient (Wildman–Crippen LogP) is 3.19. The van der Waals surface area contributed by atoms with Gasteiger partial charge in [0.1, 0.15) is 5.76 Å². The Kier molecular flexibility index (Phi) is 5.26. The Morgan fingerprint density at radius 2 is 2.20 bits per heavy atom. The minimum Gasteiger partial charge on any atom is -0.468 e. The molecule has 0 saturated carbocycles. The minimum absolute atomic E-state index is 0.310. The molecular formula is C12H21NOS. The van der Waals surface area contributed by atoms with Crippen LogP contribution in [-0.2, 0) is 5.75 Å². The van der Waals surface area contributed by atoms with E-state index in [1.807, 2.05) is 17.8 Å². The first-order valence-corrected chi connectivity index (χ1v) is 6.61. The quantitative estimate of drug-likeness (QED) is 0.811. The van der Waals surface area contributed by atoms with Crippen LogP contribution in [0.4, 0.5) is 0 Å². The van der Waals surface area contributed by atoms with Gasteiger partial charge in [-0.2, -0.15) is 11.8 Å². The molecule has 1 rings (SSSR count). The Bertz CT molecular complexity index is 283. The van der Waals surface area contributed by atoms with Crippen LogP contribution in [0.1, 0.15) is 31.6 Å². The zero-order valence-corrected chi connectivity index (χ0v) is 10.6. The van der Waals surface area contributed by atoms with Crippen molar-refractivity contribution < 1.29 is 4.42 Å². The van der Waals surface area contributed by atoms with Crippen LogP contribution in [0.2, 0.25) is 0 Å². The predicted molar refractivity (Wildman–Crippen MR) is 67.0 cm³/mol. The first-order valence-electron chi connectivity index (χ1n) is 5.46. The molecule has 2 N–H and O–H groups in total. The minimum atomic E-state index is 0.310. The van der Waals surface area contributed by atoms with Crippen molar-refractivity contribution in [3.8, 4) is 0 Å². The first-order chi connectivity index (χ1) is 7.09. The molecule has 1 aromatic heterocycles. The van der Waals surface area contributed by atoms with Gasteiger partial charge in [0.15, 0.2) is 0 Å². The van der Waals surface area contributed by atoms with Gasteiger partial charge in [-0.15, -0.1) is 0 Å². The molecule has 0 amide bonds. The average molecular weight is 227 g/mol. The van der Waals surface area contributed by atoms with Crippen molar-refractivity contribution in [1.82, 2.24) is 0 Å². The standard InChI is InChI=1S/C12H21NOS/c1-9(2)6-11(13)7-15-8-12-10(3)4-5-14-12/h4-5,9,11H,6-8,13H2,1-3H3/t11-/m0/s1. The van der Waals surface area contributed by atoms with Crippen molar-refractivity contribution in [2.45, 2.75) is 39.0 Å². The van der Waals surface area contributed by atoms with Gasteiger partial charge in [0.2, 0.25) is 0 Å². The monoisotopic (exact) mass is 227 g/mol. The molecule has 0 unspecified atom stereocenters. The smallest absolute Gasteiger partial charge is 0.116 e. The Hall–Kier alpha value is -0.410. The Morgan fingerprint density at radius 3 is 2.73 bits per heavy atom. The molecule has 0 aromatic carbocycles. The maximum absolute atomic E-state index is 6.00. The third kappa shape index (κ3) is 4.76. The van der Waals surface area contributed by atoms with Crippen LogP contribution in [0, 0.1) is 12.8 Å². The molecule has 2 nitrogen and oxygen atoms in total. The van der Waals surface area contributed by atoms with Crippen LogP contribution in [-0.4, -0.2) is 11.8 Å². The van der Waals surface area contributed by atoms with E-state index >= 15 is 0 Å². The molecule has 0 aliphatic heterocycles. The van der Waals surface area contributed by atoms with E-state index in [0.29, 0.717) is 12.0 Å². The van der Waals surface area contributed by atoms with Gasteiger partial charge in [0.25, 0.3) is 0 Å². The van der Waals surface area contributed by atoms with E-state index < -0.39 is 0 Å². The number of thioether (sulfide) groups is 1. The van der Waals surface area contributed by atoms with Crippen LogP contribution < -0.4 is 5.73 Å².